The molecule has 1 aromatic heterocycles. The van der Waals surface area contributed by atoms with Gasteiger partial charge in [0.25, 0.3) is 5.91 Å². The summed E-state index contributed by atoms with van der Waals surface area (Å²) in [6.07, 6.45) is 1.75. The van der Waals surface area contributed by atoms with Crippen LogP contribution in [-0.4, -0.2) is 25.0 Å². The number of rotatable bonds is 2. The van der Waals surface area contributed by atoms with Crippen LogP contribution in [-0.2, 0) is 0 Å². The lowest BCUT2D eigenvalue weighted by Crippen LogP contribution is -2.25. The number of aryl methyl sites for hydroxylation is 2. The molecule has 1 aliphatic heterocycles. The number of para-hydroxylation sites is 1. The molecule has 1 N–H and O–H groups in total. The minimum atomic E-state index is -0.0342. The molecular formula is C22H22N4O. The highest BCUT2D eigenvalue weighted by Gasteiger charge is 2.27. The van der Waals surface area contributed by atoms with Gasteiger partial charge in [0.05, 0.1) is 28.8 Å². The van der Waals surface area contributed by atoms with E-state index in [0.717, 1.165) is 34.1 Å². The molecule has 0 spiro atoms. The van der Waals surface area contributed by atoms with Crippen molar-refractivity contribution in [3.05, 3.63) is 71.4 Å². The first-order valence-electron chi connectivity index (χ1n) is 8.91. The third kappa shape index (κ3) is 2.91. The largest absolute Gasteiger partial charge is 0.342 e. The number of amides is 1. The fourth-order valence-electron chi connectivity index (χ4n) is 3.49. The summed E-state index contributed by atoms with van der Waals surface area (Å²) < 4.78 is 0. The maximum absolute atomic E-state index is 12.9. The highest BCUT2D eigenvalue weighted by molar-refractivity contribution is 6.13. The molecule has 0 atom stereocenters. The highest BCUT2D eigenvalue weighted by atomic mass is 16.2. The second kappa shape index (κ2) is 6.43. The standard InChI is InChI=1S/C22H22N4O/c1-14-9-10-17(15(2)11-14)24-21-12-19-20(13-23-21)26(4)22(27)16-7-5-6-8-18(16)25(19)3/h5-13H,1-4H3,(H,23,24). The van der Waals surface area contributed by atoms with Gasteiger partial charge in [-0.1, -0.05) is 29.8 Å². The molecule has 0 aliphatic carbocycles. The molecule has 5 heteroatoms. The molecular weight excluding hydrogens is 336 g/mol. The van der Waals surface area contributed by atoms with Gasteiger partial charge in [0.2, 0.25) is 0 Å². The van der Waals surface area contributed by atoms with Crippen molar-refractivity contribution < 1.29 is 4.79 Å². The number of carbonyl (C=O) groups excluding carboxylic acids is 1. The van der Waals surface area contributed by atoms with Gasteiger partial charge in [0.15, 0.2) is 0 Å². The third-order valence-corrected chi connectivity index (χ3v) is 5.03. The molecule has 1 amide bonds. The van der Waals surface area contributed by atoms with Crippen LogP contribution in [0.3, 0.4) is 0 Å². The topological polar surface area (TPSA) is 48.5 Å². The van der Waals surface area contributed by atoms with Crippen LogP contribution in [0, 0.1) is 13.8 Å². The molecule has 0 saturated carbocycles. The van der Waals surface area contributed by atoms with Crippen molar-refractivity contribution in [3.63, 3.8) is 0 Å². The van der Waals surface area contributed by atoms with Gasteiger partial charge in [-0.3, -0.25) is 4.79 Å². The van der Waals surface area contributed by atoms with Gasteiger partial charge in [-0.05, 0) is 37.6 Å². The number of fused-ring (bicyclic) bond motifs is 2. The molecule has 2 heterocycles. The van der Waals surface area contributed by atoms with Crippen LogP contribution in [0.25, 0.3) is 0 Å². The Labute approximate surface area is 159 Å². The summed E-state index contributed by atoms with van der Waals surface area (Å²) in [7, 11) is 3.76. The SMILES string of the molecule is Cc1ccc(Nc2cc3c(cn2)N(C)C(=O)c2ccccc2N3C)c(C)c1. The van der Waals surface area contributed by atoms with Crippen LogP contribution in [0.15, 0.2) is 54.7 Å². The quantitative estimate of drug-likeness (QED) is 0.715. The Bertz CT molecular complexity index is 1040. The zero-order chi connectivity index (χ0) is 19.1. The summed E-state index contributed by atoms with van der Waals surface area (Å²) in [6, 6.07) is 15.9. The number of carbonyl (C=O) groups is 1. The summed E-state index contributed by atoms with van der Waals surface area (Å²) in [6.45, 7) is 4.16. The van der Waals surface area contributed by atoms with Crippen LogP contribution in [0.4, 0.5) is 28.6 Å². The van der Waals surface area contributed by atoms with Crippen LogP contribution in [0.2, 0.25) is 0 Å². The van der Waals surface area contributed by atoms with Gasteiger partial charge in [0.1, 0.15) is 5.82 Å². The molecule has 136 valence electrons. The van der Waals surface area contributed by atoms with E-state index in [1.54, 1.807) is 18.1 Å². The van der Waals surface area contributed by atoms with E-state index in [4.69, 9.17) is 0 Å². The molecule has 0 saturated heterocycles. The summed E-state index contributed by atoms with van der Waals surface area (Å²) >= 11 is 0. The number of benzene rings is 2. The summed E-state index contributed by atoms with van der Waals surface area (Å²) in [5.74, 6) is 0.709. The van der Waals surface area contributed by atoms with Gasteiger partial charge >= 0.3 is 0 Å². The molecule has 3 aromatic rings. The zero-order valence-corrected chi connectivity index (χ0v) is 15.9. The Balaban J connectivity index is 1.79. The predicted octanol–water partition coefficient (Wildman–Crippen LogP) is 4.80. The second-order valence-corrected chi connectivity index (χ2v) is 6.94. The van der Waals surface area contributed by atoms with Gasteiger partial charge in [-0.25, -0.2) is 4.98 Å². The molecule has 5 nitrogen and oxygen atoms in total. The number of hydrogen-bond acceptors (Lipinski definition) is 4. The Morgan fingerprint density at radius 1 is 0.889 bits per heavy atom. The number of nitrogens with one attached hydrogen (secondary N) is 1. The highest BCUT2D eigenvalue weighted by Crippen LogP contribution is 2.40. The Hall–Kier alpha value is -3.34. The Morgan fingerprint density at radius 3 is 2.44 bits per heavy atom. The first kappa shape index (κ1) is 17.1. The van der Waals surface area contributed by atoms with Crippen LogP contribution < -0.4 is 15.1 Å². The van der Waals surface area contributed by atoms with E-state index in [-0.39, 0.29) is 5.91 Å². The summed E-state index contributed by atoms with van der Waals surface area (Å²) in [4.78, 5) is 21.1. The lowest BCUT2D eigenvalue weighted by Gasteiger charge is -2.23. The maximum atomic E-state index is 12.9. The first-order valence-corrected chi connectivity index (χ1v) is 8.91. The number of pyridine rings is 1. The number of hydrogen-bond donors (Lipinski definition) is 1. The molecule has 27 heavy (non-hydrogen) atoms. The average molecular weight is 358 g/mol. The van der Waals surface area contributed by atoms with Crippen molar-refractivity contribution in [1.29, 1.82) is 0 Å². The normalized spacial score (nSPS) is 13.1. The first-order chi connectivity index (χ1) is 13.0. The lowest BCUT2D eigenvalue weighted by molar-refractivity contribution is 0.0994. The van der Waals surface area contributed by atoms with Crippen molar-refractivity contribution >= 4 is 34.5 Å². The molecule has 0 fully saturated rings. The van der Waals surface area contributed by atoms with E-state index in [1.807, 2.05) is 42.3 Å². The van der Waals surface area contributed by atoms with Crippen LogP contribution in [0.1, 0.15) is 21.5 Å². The van der Waals surface area contributed by atoms with Crippen LogP contribution >= 0.6 is 0 Å². The predicted molar refractivity (Wildman–Crippen MR) is 111 cm³/mol. The fourth-order valence-corrected chi connectivity index (χ4v) is 3.49. The Morgan fingerprint density at radius 2 is 1.67 bits per heavy atom. The van der Waals surface area contributed by atoms with Crippen molar-refractivity contribution in [2.45, 2.75) is 13.8 Å². The third-order valence-electron chi connectivity index (χ3n) is 5.03. The molecule has 1 aliphatic rings. The van der Waals surface area contributed by atoms with Gasteiger partial charge in [-0.15, -0.1) is 0 Å². The van der Waals surface area contributed by atoms with E-state index in [0.29, 0.717) is 5.56 Å². The maximum Gasteiger partial charge on any atom is 0.260 e. The van der Waals surface area contributed by atoms with Gasteiger partial charge < -0.3 is 15.1 Å². The second-order valence-electron chi connectivity index (χ2n) is 6.94. The average Bonchev–Trinajstić information content (AvgIpc) is 2.75. The van der Waals surface area contributed by atoms with Crippen molar-refractivity contribution in [2.24, 2.45) is 0 Å². The summed E-state index contributed by atoms with van der Waals surface area (Å²) in [5.41, 5.74) is 6.69. The van der Waals surface area contributed by atoms with E-state index < -0.39 is 0 Å². The summed E-state index contributed by atoms with van der Waals surface area (Å²) in [5, 5.41) is 3.40. The van der Waals surface area contributed by atoms with E-state index in [2.05, 4.69) is 42.3 Å². The van der Waals surface area contributed by atoms with E-state index in [9.17, 15) is 4.79 Å². The fraction of sp³-hybridized carbons (Fsp3) is 0.182. The number of nitrogens with zero attached hydrogens (tertiary/aromatic N) is 3. The molecule has 2 aromatic carbocycles. The van der Waals surface area contributed by atoms with Gasteiger partial charge in [-0.2, -0.15) is 0 Å². The van der Waals surface area contributed by atoms with Crippen molar-refractivity contribution in [1.82, 2.24) is 4.98 Å². The molecule has 4 rings (SSSR count). The smallest absolute Gasteiger partial charge is 0.260 e. The zero-order valence-electron chi connectivity index (χ0n) is 15.9. The number of anilines is 5. The molecule has 0 unspecified atom stereocenters. The Kier molecular flexibility index (Phi) is 4.07. The van der Waals surface area contributed by atoms with Gasteiger partial charge in [0, 0.05) is 25.8 Å². The molecule has 0 radical (unpaired) electrons. The van der Waals surface area contributed by atoms with Crippen molar-refractivity contribution in [2.75, 3.05) is 29.2 Å². The number of aromatic nitrogens is 1. The lowest BCUT2D eigenvalue weighted by atomic mass is 10.1. The molecule has 0 bridgehead atoms. The van der Waals surface area contributed by atoms with E-state index in [1.165, 1.54) is 5.56 Å². The van der Waals surface area contributed by atoms with E-state index >= 15 is 0 Å². The monoisotopic (exact) mass is 358 g/mol. The van der Waals surface area contributed by atoms with Crippen molar-refractivity contribution in [3.8, 4) is 0 Å². The minimum Gasteiger partial charge on any atom is -0.342 e. The minimum absolute atomic E-state index is 0.0342. The van der Waals surface area contributed by atoms with Crippen LogP contribution in [0.5, 0.6) is 0 Å².